The number of carbonyl (C=O) groups excluding carboxylic acids is 1. The van der Waals surface area contributed by atoms with Gasteiger partial charge in [0, 0.05) is 5.69 Å². The third-order valence-corrected chi connectivity index (χ3v) is 4.74. The third-order valence-electron chi connectivity index (χ3n) is 4.42. The molecule has 0 aliphatic carbocycles. The molecule has 1 atom stereocenters. The monoisotopic (exact) mass is 398 g/mol. The van der Waals surface area contributed by atoms with Crippen molar-refractivity contribution in [2.75, 3.05) is 0 Å². The van der Waals surface area contributed by atoms with Gasteiger partial charge in [-0.25, -0.2) is 4.79 Å². The van der Waals surface area contributed by atoms with Gasteiger partial charge in [-0.15, -0.1) is 0 Å². The molecule has 2 N–H and O–H groups in total. The highest BCUT2D eigenvalue weighted by molar-refractivity contribution is 6.35. The van der Waals surface area contributed by atoms with Crippen LogP contribution in [-0.4, -0.2) is 10.7 Å². The predicted octanol–water partition coefficient (Wildman–Crippen LogP) is 5.22. The Morgan fingerprint density at radius 2 is 1.82 bits per heavy atom. The molecule has 1 heterocycles. The molecule has 0 saturated carbocycles. The van der Waals surface area contributed by atoms with Gasteiger partial charge in [0.25, 0.3) is 5.56 Å². The molecule has 3 aromatic rings. The van der Waals surface area contributed by atoms with E-state index in [1.54, 1.807) is 16.7 Å². The van der Waals surface area contributed by atoms with Crippen molar-refractivity contribution in [1.29, 1.82) is 0 Å². The smallest absolute Gasteiger partial charge is 0.405 e. The minimum Gasteiger partial charge on any atom is -0.440 e. The second-order valence-electron chi connectivity index (χ2n) is 7.94. The molecule has 0 saturated heterocycles. The average Bonchev–Trinajstić information content (AvgIpc) is 2.60. The minimum absolute atomic E-state index is 0.166. The summed E-state index contributed by atoms with van der Waals surface area (Å²) in [6, 6.07) is 16.3. The molecular weight excluding hydrogens is 376 g/mol. The molecule has 1 aromatic heterocycles. The lowest BCUT2D eigenvalue weighted by molar-refractivity contribution is 0.0750. The van der Waals surface area contributed by atoms with Crippen molar-refractivity contribution in [3.05, 3.63) is 75.7 Å². The van der Waals surface area contributed by atoms with Crippen LogP contribution in [0.1, 0.15) is 39.0 Å². The van der Waals surface area contributed by atoms with Crippen LogP contribution in [0.4, 0.5) is 4.79 Å². The number of carbonyl (C=O) groups is 1. The molecule has 2 aromatic carbocycles. The number of benzene rings is 2. The normalized spacial score (nSPS) is 12.7. The van der Waals surface area contributed by atoms with Gasteiger partial charge in [-0.05, 0) is 41.5 Å². The van der Waals surface area contributed by atoms with Crippen LogP contribution >= 0.6 is 11.6 Å². The number of aromatic nitrogens is 1. The molecule has 1 amide bonds. The van der Waals surface area contributed by atoms with Crippen molar-refractivity contribution in [1.82, 2.24) is 4.57 Å². The first-order valence-electron chi connectivity index (χ1n) is 9.03. The molecule has 146 valence electrons. The number of rotatable bonds is 4. The zero-order chi connectivity index (χ0) is 20.5. The Morgan fingerprint density at radius 3 is 2.43 bits per heavy atom. The summed E-state index contributed by atoms with van der Waals surface area (Å²) >= 11 is 6.33. The number of hydrogen-bond acceptors (Lipinski definition) is 3. The summed E-state index contributed by atoms with van der Waals surface area (Å²) in [6.07, 6.45) is -1.07. The van der Waals surface area contributed by atoms with Gasteiger partial charge in [-0.3, -0.25) is 9.36 Å². The topological polar surface area (TPSA) is 74.3 Å². The van der Waals surface area contributed by atoms with Crippen LogP contribution in [0.15, 0.2) is 59.4 Å². The van der Waals surface area contributed by atoms with Gasteiger partial charge in [0.2, 0.25) is 0 Å². The fraction of sp³-hybridized carbons (Fsp3) is 0.273. The Bertz CT molecular complexity index is 1070. The molecule has 0 aliphatic heterocycles. The van der Waals surface area contributed by atoms with E-state index in [0.717, 1.165) is 0 Å². The first kappa shape index (κ1) is 20.0. The van der Waals surface area contributed by atoms with Crippen LogP contribution in [0.25, 0.3) is 16.5 Å². The molecule has 1 unspecified atom stereocenters. The third kappa shape index (κ3) is 4.20. The van der Waals surface area contributed by atoms with Gasteiger partial charge in [0.05, 0.1) is 16.1 Å². The number of pyridine rings is 1. The van der Waals surface area contributed by atoms with Crippen molar-refractivity contribution in [2.24, 2.45) is 11.1 Å². The summed E-state index contributed by atoms with van der Waals surface area (Å²) in [6.45, 7) is 6.10. The number of ether oxygens (including phenoxy) is 1. The van der Waals surface area contributed by atoms with Crippen LogP contribution in [-0.2, 0) is 4.74 Å². The maximum atomic E-state index is 13.4. The number of para-hydroxylation sites is 1. The van der Waals surface area contributed by atoms with E-state index in [1.165, 1.54) is 0 Å². The summed E-state index contributed by atoms with van der Waals surface area (Å²) in [5.41, 5.74) is 6.13. The molecule has 0 spiro atoms. The van der Waals surface area contributed by atoms with E-state index in [9.17, 15) is 9.59 Å². The minimum atomic E-state index is -0.882. The zero-order valence-electron chi connectivity index (χ0n) is 16.1. The van der Waals surface area contributed by atoms with Crippen molar-refractivity contribution in [2.45, 2.75) is 33.3 Å². The SMILES string of the molecule is CC(C)(C)CC(OC(N)=O)c1cc2cccc(Cl)c2c(=O)n1-c1ccccc1. The second-order valence-corrected chi connectivity index (χ2v) is 8.35. The van der Waals surface area contributed by atoms with Gasteiger partial charge >= 0.3 is 6.09 Å². The van der Waals surface area contributed by atoms with Crippen LogP contribution in [0, 0.1) is 5.41 Å². The van der Waals surface area contributed by atoms with Gasteiger partial charge in [-0.1, -0.05) is 62.7 Å². The van der Waals surface area contributed by atoms with Crippen molar-refractivity contribution < 1.29 is 9.53 Å². The largest absolute Gasteiger partial charge is 0.440 e. The summed E-state index contributed by atoms with van der Waals surface area (Å²) in [5.74, 6) is 0. The van der Waals surface area contributed by atoms with Gasteiger partial charge in [0.15, 0.2) is 0 Å². The second kappa shape index (κ2) is 7.68. The van der Waals surface area contributed by atoms with E-state index in [0.29, 0.717) is 33.6 Å². The van der Waals surface area contributed by atoms with Crippen LogP contribution in [0.5, 0.6) is 0 Å². The number of hydrogen-bond donors (Lipinski definition) is 1. The Labute approximate surface area is 168 Å². The summed E-state index contributed by atoms with van der Waals surface area (Å²) in [4.78, 5) is 25.0. The lowest BCUT2D eigenvalue weighted by Gasteiger charge is -2.28. The number of halogens is 1. The molecular formula is C22H23ClN2O3. The Morgan fingerprint density at radius 1 is 1.14 bits per heavy atom. The van der Waals surface area contributed by atoms with Crippen molar-refractivity contribution >= 4 is 28.5 Å². The van der Waals surface area contributed by atoms with E-state index in [-0.39, 0.29) is 11.0 Å². The first-order valence-corrected chi connectivity index (χ1v) is 9.41. The molecule has 5 nitrogen and oxygen atoms in total. The highest BCUT2D eigenvalue weighted by atomic mass is 35.5. The average molecular weight is 399 g/mol. The Balaban J connectivity index is 2.36. The zero-order valence-corrected chi connectivity index (χ0v) is 16.9. The molecule has 28 heavy (non-hydrogen) atoms. The quantitative estimate of drug-likeness (QED) is 0.654. The molecule has 6 heteroatoms. The summed E-state index contributed by atoms with van der Waals surface area (Å²) < 4.78 is 7.00. The molecule has 0 radical (unpaired) electrons. The Hall–Kier alpha value is -2.79. The van der Waals surface area contributed by atoms with Crippen LogP contribution < -0.4 is 11.3 Å². The number of nitrogens with two attached hydrogens (primary N) is 1. The maximum Gasteiger partial charge on any atom is 0.405 e. The van der Waals surface area contributed by atoms with Crippen molar-refractivity contribution in [3.63, 3.8) is 0 Å². The van der Waals surface area contributed by atoms with Crippen LogP contribution in [0.2, 0.25) is 5.02 Å². The number of primary amides is 1. The number of amides is 1. The van der Waals surface area contributed by atoms with E-state index in [1.807, 2.05) is 63.2 Å². The van der Waals surface area contributed by atoms with E-state index < -0.39 is 12.2 Å². The molecule has 0 fully saturated rings. The summed E-state index contributed by atoms with van der Waals surface area (Å²) in [7, 11) is 0. The number of fused-ring (bicyclic) bond motifs is 1. The standard InChI is InChI=1S/C22H23ClN2O3/c1-22(2,3)13-18(28-21(24)27)17-12-14-8-7-11-16(23)19(14)20(26)25(17)15-9-5-4-6-10-15/h4-12,18H,13H2,1-3H3,(H2,24,27). The lowest BCUT2D eigenvalue weighted by Crippen LogP contribution is -2.29. The molecule has 0 aliphatic rings. The maximum absolute atomic E-state index is 13.4. The number of nitrogens with zero attached hydrogens (tertiary/aromatic N) is 1. The summed E-state index contributed by atoms with van der Waals surface area (Å²) in [5, 5.41) is 1.49. The van der Waals surface area contributed by atoms with Gasteiger partial charge < -0.3 is 10.5 Å². The lowest BCUT2D eigenvalue weighted by atomic mass is 9.87. The predicted molar refractivity (Wildman–Crippen MR) is 112 cm³/mol. The Kier molecular flexibility index (Phi) is 5.47. The van der Waals surface area contributed by atoms with Gasteiger partial charge in [-0.2, -0.15) is 0 Å². The highest BCUT2D eigenvalue weighted by Gasteiger charge is 2.27. The van der Waals surface area contributed by atoms with Gasteiger partial charge in [0.1, 0.15) is 6.10 Å². The first-order chi connectivity index (χ1) is 13.2. The van der Waals surface area contributed by atoms with E-state index in [4.69, 9.17) is 22.1 Å². The fourth-order valence-corrected chi connectivity index (χ4v) is 3.59. The van der Waals surface area contributed by atoms with E-state index >= 15 is 0 Å². The molecule has 3 rings (SSSR count). The highest BCUT2D eigenvalue weighted by Crippen LogP contribution is 2.34. The van der Waals surface area contributed by atoms with E-state index in [2.05, 4.69) is 0 Å². The van der Waals surface area contributed by atoms with Crippen LogP contribution in [0.3, 0.4) is 0 Å². The molecule has 0 bridgehead atoms. The van der Waals surface area contributed by atoms with Crippen molar-refractivity contribution in [3.8, 4) is 5.69 Å². The fourth-order valence-electron chi connectivity index (χ4n) is 3.32.